The van der Waals surface area contributed by atoms with E-state index in [0.29, 0.717) is 31.9 Å². The van der Waals surface area contributed by atoms with Gasteiger partial charge >= 0.3 is 0 Å². The normalized spacial score (nSPS) is 20.0. The van der Waals surface area contributed by atoms with Crippen LogP contribution in [0.1, 0.15) is 18.4 Å². The molecule has 0 saturated carbocycles. The highest BCUT2D eigenvalue weighted by Gasteiger charge is 2.30. The van der Waals surface area contributed by atoms with Gasteiger partial charge in [-0.15, -0.1) is 0 Å². The molecule has 2 unspecified atom stereocenters. The van der Waals surface area contributed by atoms with E-state index in [4.69, 9.17) is 0 Å². The van der Waals surface area contributed by atoms with Gasteiger partial charge in [0.2, 0.25) is 11.9 Å². The fourth-order valence-corrected chi connectivity index (χ4v) is 3.84. The summed E-state index contributed by atoms with van der Waals surface area (Å²) >= 11 is 1.76. The van der Waals surface area contributed by atoms with Crippen LogP contribution >= 0.6 is 11.8 Å². The van der Waals surface area contributed by atoms with Crippen molar-refractivity contribution in [2.24, 2.45) is 0 Å². The number of carbonyl (C=O) groups is 1. The van der Waals surface area contributed by atoms with E-state index >= 15 is 0 Å². The molecule has 6 nitrogen and oxygen atoms in total. The molecule has 3 rings (SSSR count). The summed E-state index contributed by atoms with van der Waals surface area (Å²) in [7, 11) is 0. The number of likely N-dealkylation sites (tertiary alicyclic amines) is 1. The molecule has 2 atom stereocenters. The van der Waals surface area contributed by atoms with Gasteiger partial charge in [0.1, 0.15) is 0 Å². The Kier molecular flexibility index (Phi) is 6.85. The highest BCUT2D eigenvalue weighted by Crippen LogP contribution is 2.17. The Labute approximate surface area is 158 Å². The molecule has 1 aliphatic rings. The van der Waals surface area contributed by atoms with Crippen molar-refractivity contribution in [2.75, 3.05) is 24.2 Å². The summed E-state index contributed by atoms with van der Waals surface area (Å²) in [5, 5.41) is 13.5. The molecule has 1 aliphatic heterocycles. The van der Waals surface area contributed by atoms with Gasteiger partial charge in [0.15, 0.2) is 0 Å². The molecule has 2 aromatic rings. The maximum absolute atomic E-state index is 12.4. The molecule has 138 valence electrons. The number of β-amino-alcohol motifs (C(OH)–C–C–N with tert-alkyl or cyclic N) is 1. The average molecular weight is 372 g/mol. The third-order valence-corrected chi connectivity index (χ3v) is 5.42. The van der Waals surface area contributed by atoms with Crippen molar-refractivity contribution in [3.05, 3.63) is 54.4 Å². The van der Waals surface area contributed by atoms with Gasteiger partial charge in [-0.2, -0.15) is 11.8 Å². The first kappa shape index (κ1) is 18.7. The summed E-state index contributed by atoms with van der Waals surface area (Å²) < 4.78 is 0. The second kappa shape index (κ2) is 9.54. The maximum atomic E-state index is 12.4. The molecule has 0 aliphatic carbocycles. The monoisotopic (exact) mass is 372 g/mol. The van der Waals surface area contributed by atoms with E-state index in [1.54, 1.807) is 35.1 Å². The Morgan fingerprint density at radius 2 is 2.00 bits per heavy atom. The quantitative estimate of drug-likeness (QED) is 0.726. The molecule has 2 heterocycles. The highest BCUT2D eigenvalue weighted by atomic mass is 32.2. The lowest BCUT2D eigenvalue weighted by Gasteiger charge is -2.36. The van der Waals surface area contributed by atoms with Crippen LogP contribution in [-0.4, -0.2) is 56.9 Å². The zero-order valence-electron chi connectivity index (χ0n) is 14.6. The van der Waals surface area contributed by atoms with Crippen molar-refractivity contribution in [1.82, 2.24) is 14.9 Å². The van der Waals surface area contributed by atoms with Crippen molar-refractivity contribution in [1.29, 1.82) is 0 Å². The summed E-state index contributed by atoms with van der Waals surface area (Å²) in [6, 6.07) is 11.9. The number of carbonyl (C=O) groups excluding carboxylic acids is 1. The summed E-state index contributed by atoms with van der Waals surface area (Å²) in [4.78, 5) is 22.4. The summed E-state index contributed by atoms with van der Waals surface area (Å²) in [6.07, 6.45) is 3.89. The van der Waals surface area contributed by atoms with Crippen LogP contribution in [0.25, 0.3) is 0 Å². The van der Waals surface area contributed by atoms with E-state index in [9.17, 15) is 9.90 Å². The second-order valence-electron chi connectivity index (χ2n) is 6.31. The Morgan fingerprint density at radius 1 is 1.23 bits per heavy atom. The third-order valence-electron chi connectivity index (χ3n) is 4.39. The van der Waals surface area contributed by atoms with E-state index in [-0.39, 0.29) is 11.9 Å². The molecular weight excluding hydrogens is 348 g/mol. The van der Waals surface area contributed by atoms with Crippen LogP contribution in [0.2, 0.25) is 0 Å². The molecule has 1 saturated heterocycles. The second-order valence-corrected chi connectivity index (χ2v) is 7.41. The van der Waals surface area contributed by atoms with Crippen LogP contribution in [0.5, 0.6) is 0 Å². The fourth-order valence-electron chi connectivity index (χ4n) is 2.95. The number of benzene rings is 1. The number of hydrogen-bond acceptors (Lipinski definition) is 6. The molecule has 26 heavy (non-hydrogen) atoms. The predicted molar refractivity (Wildman–Crippen MR) is 104 cm³/mol. The van der Waals surface area contributed by atoms with E-state index in [1.165, 1.54) is 5.56 Å². The molecule has 1 amide bonds. The number of nitrogens with one attached hydrogen (secondary N) is 1. The molecule has 1 fully saturated rings. The topological polar surface area (TPSA) is 78.4 Å². The minimum Gasteiger partial charge on any atom is -0.389 e. The predicted octanol–water partition coefficient (Wildman–Crippen LogP) is 2.17. The maximum Gasteiger partial charge on any atom is 0.223 e. The van der Waals surface area contributed by atoms with Crippen LogP contribution in [0.15, 0.2) is 48.8 Å². The Morgan fingerprint density at radius 3 is 2.73 bits per heavy atom. The molecule has 2 N–H and O–H groups in total. The van der Waals surface area contributed by atoms with Gasteiger partial charge < -0.3 is 15.3 Å². The lowest BCUT2D eigenvalue weighted by atomic mass is 10.0. The number of amides is 1. The number of aliphatic hydroxyl groups is 1. The molecule has 0 spiro atoms. The average Bonchev–Trinajstić information content (AvgIpc) is 2.68. The first-order valence-corrected chi connectivity index (χ1v) is 9.99. The van der Waals surface area contributed by atoms with Crippen LogP contribution in [0, 0.1) is 0 Å². The van der Waals surface area contributed by atoms with Gasteiger partial charge in [-0.25, -0.2) is 9.97 Å². The van der Waals surface area contributed by atoms with E-state index < -0.39 is 6.10 Å². The van der Waals surface area contributed by atoms with Crippen LogP contribution in [0.3, 0.4) is 0 Å². The van der Waals surface area contributed by atoms with E-state index in [0.717, 1.165) is 11.5 Å². The molecule has 7 heteroatoms. The molecule has 0 bridgehead atoms. The van der Waals surface area contributed by atoms with Crippen molar-refractivity contribution in [3.8, 4) is 0 Å². The van der Waals surface area contributed by atoms with Gasteiger partial charge in [0.05, 0.1) is 12.1 Å². The minimum absolute atomic E-state index is 0.110. The minimum atomic E-state index is -0.617. The Hall–Kier alpha value is -2.12. The Balaban J connectivity index is 1.38. The van der Waals surface area contributed by atoms with Crippen molar-refractivity contribution in [3.63, 3.8) is 0 Å². The number of aromatic nitrogens is 2. The van der Waals surface area contributed by atoms with Crippen molar-refractivity contribution >= 4 is 23.6 Å². The number of anilines is 1. The van der Waals surface area contributed by atoms with Gasteiger partial charge in [0, 0.05) is 43.4 Å². The largest absolute Gasteiger partial charge is 0.389 e. The Bertz CT molecular complexity index is 686. The molecular formula is C19H24N4O2S. The van der Waals surface area contributed by atoms with Crippen LogP contribution < -0.4 is 5.32 Å². The first-order valence-electron chi connectivity index (χ1n) is 8.83. The standard InChI is InChI=1S/C19H24N4O2S/c24-17-13-23(11-7-16(17)22-19-20-9-4-10-21-19)18(25)8-12-26-14-15-5-2-1-3-6-15/h1-6,9-10,16-17,24H,7-8,11-14H2,(H,20,21,22). The first-order chi connectivity index (χ1) is 12.7. The number of rotatable bonds is 7. The highest BCUT2D eigenvalue weighted by molar-refractivity contribution is 7.98. The number of piperidine rings is 1. The molecule has 1 aromatic carbocycles. The number of aliphatic hydroxyl groups excluding tert-OH is 1. The number of thioether (sulfide) groups is 1. The molecule has 1 aromatic heterocycles. The van der Waals surface area contributed by atoms with E-state index in [2.05, 4.69) is 27.4 Å². The number of nitrogens with zero attached hydrogens (tertiary/aromatic N) is 3. The number of hydrogen-bond donors (Lipinski definition) is 2. The zero-order valence-corrected chi connectivity index (χ0v) is 15.4. The summed E-state index contributed by atoms with van der Waals surface area (Å²) in [6.45, 7) is 0.996. The van der Waals surface area contributed by atoms with Crippen molar-refractivity contribution in [2.45, 2.75) is 30.7 Å². The van der Waals surface area contributed by atoms with Gasteiger partial charge in [-0.3, -0.25) is 4.79 Å². The van der Waals surface area contributed by atoms with Gasteiger partial charge in [0.25, 0.3) is 0 Å². The zero-order chi connectivity index (χ0) is 18.2. The summed E-state index contributed by atoms with van der Waals surface area (Å²) in [5.41, 5.74) is 1.27. The molecule has 0 radical (unpaired) electrons. The SMILES string of the molecule is O=C(CCSCc1ccccc1)N1CCC(Nc2ncccn2)C(O)C1. The van der Waals surface area contributed by atoms with Crippen LogP contribution in [0.4, 0.5) is 5.95 Å². The van der Waals surface area contributed by atoms with E-state index in [1.807, 2.05) is 18.2 Å². The lowest BCUT2D eigenvalue weighted by Crippen LogP contribution is -2.51. The van der Waals surface area contributed by atoms with Gasteiger partial charge in [-0.05, 0) is 18.1 Å². The van der Waals surface area contributed by atoms with Crippen molar-refractivity contribution < 1.29 is 9.90 Å². The summed E-state index contributed by atoms with van der Waals surface area (Å²) in [5.74, 6) is 2.33. The fraction of sp³-hybridized carbons (Fsp3) is 0.421. The van der Waals surface area contributed by atoms with Gasteiger partial charge in [-0.1, -0.05) is 30.3 Å². The third kappa shape index (κ3) is 5.44. The van der Waals surface area contributed by atoms with Crippen LogP contribution in [-0.2, 0) is 10.5 Å². The lowest BCUT2D eigenvalue weighted by molar-refractivity contribution is -0.133. The smallest absolute Gasteiger partial charge is 0.223 e.